The molecule has 1 saturated carbocycles. The molecule has 2 N–H and O–H groups in total. The molecule has 0 aromatic heterocycles. The molecule has 2 unspecified atom stereocenters. The van der Waals surface area contributed by atoms with Crippen molar-refractivity contribution >= 4 is 11.6 Å². The number of aliphatic hydroxyl groups excluding tert-OH is 1. The molecule has 2 rings (SSSR count). The average Bonchev–Trinajstić information content (AvgIpc) is 2.38. The summed E-state index contributed by atoms with van der Waals surface area (Å²) in [7, 11) is 0. The Bertz CT molecular complexity index is 394. The van der Waals surface area contributed by atoms with Crippen LogP contribution in [0.4, 0.5) is 0 Å². The van der Waals surface area contributed by atoms with Crippen molar-refractivity contribution in [3.8, 4) is 0 Å². The van der Waals surface area contributed by atoms with E-state index in [0.29, 0.717) is 18.6 Å². The number of benzene rings is 1. The second-order valence-electron chi connectivity index (χ2n) is 5.31. The molecule has 100 valence electrons. The van der Waals surface area contributed by atoms with E-state index in [0.717, 1.165) is 30.0 Å². The summed E-state index contributed by atoms with van der Waals surface area (Å²) in [5.74, 6) is 0.406. The molecule has 3 heteroatoms. The third kappa shape index (κ3) is 3.47. The first-order chi connectivity index (χ1) is 8.70. The second-order valence-corrected chi connectivity index (χ2v) is 5.72. The van der Waals surface area contributed by atoms with Gasteiger partial charge >= 0.3 is 0 Å². The van der Waals surface area contributed by atoms with Gasteiger partial charge in [0.05, 0.1) is 0 Å². The Kier molecular flexibility index (Phi) is 5.04. The minimum atomic E-state index is 0.291. The van der Waals surface area contributed by atoms with Crippen LogP contribution >= 0.6 is 11.6 Å². The van der Waals surface area contributed by atoms with E-state index in [1.54, 1.807) is 0 Å². The maximum absolute atomic E-state index is 9.38. The fourth-order valence-corrected chi connectivity index (χ4v) is 3.03. The zero-order valence-electron chi connectivity index (χ0n) is 11.0. The van der Waals surface area contributed by atoms with Gasteiger partial charge in [0.2, 0.25) is 0 Å². The van der Waals surface area contributed by atoms with Crippen molar-refractivity contribution in [2.75, 3.05) is 6.61 Å². The number of halogens is 1. The van der Waals surface area contributed by atoms with E-state index in [4.69, 9.17) is 11.6 Å². The molecule has 0 heterocycles. The predicted octanol–water partition coefficient (Wildman–Crippen LogP) is 3.29. The fraction of sp³-hybridized carbons (Fsp3) is 0.600. The van der Waals surface area contributed by atoms with Crippen molar-refractivity contribution in [2.45, 2.75) is 45.2 Å². The van der Waals surface area contributed by atoms with E-state index in [2.05, 4.69) is 17.4 Å². The number of rotatable bonds is 4. The molecule has 0 spiro atoms. The summed E-state index contributed by atoms with van der Waals surface area (Å²) < 4.78 is 0. The summed E-state index contributed by atoms with van der Waals surface area (Å²) in [5.41, 5.74) is 2.33. The maximum atomic E-state index is 9.38. The van der Waals surface area contributed by atoms with Crippen molar-refractivity contribution in [3.63, 3.8) is 0 Å². The molecule has 0 saturated heterocycles. The summed E-state index contributed by atoms with van der Waals surface area (Å²) >= 11 is 6.23. The Hall–Kier alpha value is -0.570. The van der Waals surface area contributed by atoms with E-state index in [-0.39, 0.29) is 0 Å². The molecule has 0 amide bonds. The zero-order valence-corrected chi connectivity index (χ0v) is 11.7. The van der Waals surface area contributed by atoms with Gasteiger partial charge in [0.25, 0.3) is 0 Å². The van der Waals surface area contributed by atoms with Gasteiger partial charge in [-0.3, -0.25) is 0 Å². The number of aryl methyl sites for hydroxylation is 1. The number of hydrogen-bond acceptors (Lipinski definition) is 2. The van der Waals surface area contributed by atoms with Gasteiger partial charge in [-0.25, -0.2) is 0 Å². The minimum absolute atomic E-state index is 0.291. The van der Waals surface area contributed by atoms with Crippen LogP contribution in [0.2, 0.25) is 5.02 Å². The molecule has 0 radical (unpaired) electrons. The minimum Gasteiger partial charge on any atom is -0.396 e. The summed E-state index contributed by atoms with van der Waals surface area (Å²) in [6.45, 7) is 3.13. The second kappa shape index (κ2) is 6.55. The van der Waals surface area contributed by atoms with E-state index < -0.39 is 0 Å². The Morgan fingerprint density at radius 1 is 1.33 bits per heavy atom. The normalized spacial score (nSPS) is 24.2. The molecule has 0 aliphatic heterocycles. The van der Waals surface area contributed by atoms with Crippen LogP contribution in [0.3, 0.4) is 0 Å². The molecule has 18 heavy (non-hydrogen) atoms. The smallest absolute Gasteiger partial charge is 0.0474 e. The van der Waals surface area contributed by atoms with Crippen LogP contribution in [-0.4, -0.2) is 17.8 Å². The van der Waals surface area contributed by atoms with E-state index >= 15 is 0 Å². The summed E-state index contributed by atoms with van der Waals surface area (Å²) in [6, 6.07) is 6.61. The lowest BCUT2D eigenvalue weighted by Gasteiger charge is -2.31. The summed E-state index contributed by atoms with van der Waals surface area (Å²) in [4.78, 5) is 0. The molecule has 1 aromatic rings. The first-order valence-electron chi connectivity index (χ1n) is 6.80. The highest BCUT2D eigenvalue weighted by Crippen LogP contribution is 2.25. The van der Waals surface area contributed by atoms with E-state index in [1.165, 1.54) is 18.4 Å². The third-order valence-electron chi connectivity index (χ3n) is 3.91. The van der Waals surface area contributed by atoms with Gasteiger partial charge < -0.3 is 10.4 Å². The molecule has 0 bridgehead atoms. The Balaban J connectivity index is 1.93. The van der Waals surface area contributed by atoms with Gasteiger partial charge in [-0.15, -0.1) is 0 Å². The molecule has 2 nitrogen and oxygen atoms in total. The van der Waals surface area contributed by atoms with Gasteiger partial charge in [0.15, 0.2) is 0 Å². The monoisotopic (exact) mass is 267 g/mol. The Morgan fingerprint density at radius 3 is 2.83 bits per heavy atom. The molecular weight excluding hydrogens is 246 g/mol. The standard InChI is InChI=1S/C15H22ClNO/c1-11-6-7-12(14(16)8-11)9-17-15-5-3-2-4-13(15)10-18/h6-8,13,15,17-18H,2-5,9-10H2,1H3. The van der Waals surface area contributed by atoms with Gasteiger partial charge in [-0.05, 0) is 42.9 Å². The largest absolute Gasteiger partial charge is 0.396 e. The van der Waals surface area contributed by atoms with E-state index in [1.807, 2.05) is 13.0 Å². The van der Waals surface area contributed by atoms with Gasteiger partial charge in [-0.2, -0.15) is 0 Å². The van der Waals surface area contributed by atoms with Gasteiger partial charge in [0, 0.05) is 24.2 Å². The Labute approximate surface area is 114 Å². The maximum Gasteiger partial charge on any atom is 0.0474 e. The highest BCUT2D eigenvalue weighted by molar-refractivity contribution is 6.31. The van der Waals surface area contributed by atoms with Crippen LogP contribution < -0.4 is 5.32 Å². The zero-order chi connectivity index (χ0) is 13.0. The van der Waals surface area contributed by atoms with Crippen LogP contribution in [0.15, 0.2) is 18.2 Å². The first-order valence-corrected chi connectivity index (χ1v) is 7.18. The molecule has 1 aliphatic carbocycles. The molecule has 1 aliphatic rings. The molecule has 1 aromatic carbocycles. The van der Waals surface area contributed by atoms with Crippen molar-refractivity contribution in [1.29, 1.82) is 0 Å². The summed E-state index contributed by atoms with van der Waals surface area (Å²) in [5, 5.41) is 13.8. The topological polar surface area (TPSA) is 32.3 Å². The highest BCUT2D eigenvalue weighted by Gasteiger charge is 2.23. The number of aliphatic hydroxyl groups is 1. The first kappa shape index (κ1) is 13.9. The quantitative estimate of drug-likeness (QED) is 0.877. The number of nitrogens with one attached hydrogen (secondary N) is 1. The molecule has 2 atom stereocenters. The van der Waals surface area contributed by atoms with Crippen LogP contribution in [-0.2, 0) is 6.54 Å². The fourth-order valence-electron chi connectivity index (χ4n) is 2.73. The van der Waals surface area contributed by atoms with Crippen LogP contribution in [0.25, 0.3) is 0 Å². The molecular formula is C15H22ClNO. The summed E-state index contributed by atoms with van der Waals surface area (Å²) in [6.07, 6.45) is 4.80. The Morgan fingerprint density at radius 2 is 2.11 bits per heavy atom. The van der Waals surface area contributed by atoms with Crippen molar-refractivity contribution in [1.82, 2.24) is 5.32 Å². The van der Waals surface area contributed by atoms with Crippen LogP contribution in [0, 0.1) is 12.8 Å². The van der Waals surface area contributed by atoms with Crippen molar-refractivity contribution in [3.05, 3.63) is 34.3 Å². The highest BCUT2D eigenvalue weighted by atomic mass is 35.5. The van der Waals surface area contributed by atoms with Crippen molar-refractivity contribution < 1.29 is 5.11 Å². The SMILES string of the molecule is Cc1ccc(CNC2CCCCC2CO)c(Cl)c1. The number of hydrogen-bond donors (Lipinski definition) is 2. The molecule has 1 fully saturated rings. The lowest BCUT2D eigenvalue weighted by molar-refractivity contribution is 0.152. The predicted molar refractivity (Wildman–Crippen MR) is 75.9 cm³/mol. The third-order valence-corrected chi connectivity index (χ3v) is 4.26. The van der Waals surface area contributed by atoms with Gasteiger partial charge in [-0.1, -0.05) is 36.6 Å². The van der Waals surface area contributed by atoms with Gasteiger partial charge in [0.1, 0.15) is 0 Å². The van der Waals surface area contributed by atoms with E-state index in [9.17, 15) is 5.11 Å². The lowest BCUT2D eigenvalue weighted by Crippen LogP contribution is -2.39. The lowest BCUT2D eigenvalue weighted by atomic mass is 9.85. The van der Waals surface area contributed by atoms with Crippen LogP contribution in [0.1, 0.15) is 36.8 Å². The average molecular weight is 268 g/mol. The van der Waals surface area contributed by atoms with Crippen LogP contribution in [0.5, 0.6) is 0 Å². The van der Waals surface area contributed by atoms with Crippen molar-refractivity contribution in [2.24, 2.45) is 5.92 Å².